The van der Waals surface area contributed by atoms with Crippen LogP contribution in [0.1, 0.15) is 118 Å². The maximum absolute atomic E-state index is 12.8. The van der Waals surface area contributed by atoms with E-state index in [-0.39, 0.29) is 28.9 Å². The summed E-state index contributed by atoms with van der Waals surface area (Å²) in [6.07, 6.45) is 3.71. The zero-order valence-electron chi connectivity index (χ0n) is 64.2. The van der Waals surface area contributed by atoms with Crippen molar-refractivity contribution < 1.29 is 23.3 Å². The molecule has 0 aliphatic carbocycles. The Morgan fingerprint density at radius 2 is 0.963 bits per heavy atom. The lowest BCUT2D eigenvalue weighted by Gasteiger charge is -2.04. The van der Waals surface area contributed by atoms with Gasteiger partial charge < -0.3 is 68.1 Å². The normalized spacial score (nSPS) is 10.1. The van der Waals surface area contributed by atoms with E-state index in [4.69, 9.17) is 91.3 Å². The molecule has 11 rings (SSSR count). The first kappa shape index (κ1) is 93.1. The molecular weight excluding hydrogens is 1390 g/mol. The molecule has 0 atom stereocenters. The zero-order valence-corrected chi connectivity index (χ0v) is 65.0. The molecule has 0 bridgehead atoms. The Balaban J connectivity index is 0.000000411. The molecule has 26 N–H and O–H groups in total. The van der Waals surface area contributed by atoms with Gasteiger partial charge in [0.2, 0.25) is 0 Å². The summed E-state index contributed by atoms with van der Waals surface area (Å²) in [4.78, 5) is 12.4. The SMILES string of the molecule is CC(=N)c1cccc(C)c1.Cc1cc(CN)ccc1N.Cc1cc(CN)ccc1SOON.Cc1cc(F)cc(C(=N)N)c1.Cc1ccc(CN)cc1C.Cc1ccc(F)c(C(=N)N)c1.Cc1ccc2ccncc2c1.Cc1cccc(C(N)=NN)c1.Cc1cccc(C(N)=NO)c1.[C-]#[N+]c1ccc(CN)cc1C. The number of pyridine rings is 1. The Morgan fingerprint density at radius 3 is 1.41 bits per heavy atom. The number of hydrogen-bond donors (Lipinski definition) is 15. The summed E-state index contributed by atoms with van der Waals surface area (Å²) in [6.45, 7) is 32.7. The van der Waals surface area contributed by atoms with Crippen molar-refractivity contribution in [2.24, 2.45) is 67.9 Å². The van der Waals surface area contributed by atoms with Crippen molar-refractivity contribution in [2.45, 2.75) is 114 Å². The van der Waals surface area contributed by atoms with Gasteiger partial charge in [-0.2, -0.15) is 11.0 Å². The topological polar surface area (TPSA) is 438 Å². The van der Waals surface area contributed by atoms with Crippen molar-refractivity contribution in [3.8, 4) is 0 Å². The van der Waals surface area contributed by atoms with Gasteiger partial charge in [-0.25, -0.2) is 13.6 Å². The van der Waals surface area contributed by atoms with Crippen molar-refractivity contribution in [3.63, 3.8) is 0 Å². The van der Waals surface area contributed by atoms with E-state index in [2.05, 4.69) is 86.6 Å². The van der Waals surface area contributed by atoms with Crippen LogP contribution in [-0.4, -0.2) is 39.2 Å². The molecule has 0 amide bonds. The zero-order chi connectivity index (χ0) is 81.7. The van der Waals surface area contributed by atoms with E-state index in [1.54, 1.807) is 38.1 Å². The number of benzene rings is 10. The molecule has 0 radical (unpaired) electrons. The van der Waals surface area contributed by atoms with Gasteiger partial charge in [0.1, 0.15) is 29.1 Å². The molecular formula is C85H106F2N18O3S. The number of aromatic nitrogens is 1. The van der Waals surface area contributed by atoms with Gasteiger partial charge in [0.05, 0.1) is 24.2 Å². The fraction of sp³-hybridized carbons (Fsp3) is 0.188. The van der Waals surface area contributed by atoms with Crippen molar-refractivity contribution >= 4 is 63.2 Å². The van der Waals surface area contributed by atoms with Gasteiger partial charge in [-0.15, -0.1) is 9.32 Å². The molecule has 10 aromatic carbocycles. The van der Waals surface area contributed by atoms with Gasteiger partial charge in [-0.05, 0) is 216 Å². The summed E-state index contributed by atoms with van der Waals surface area (Å²) in [5, 5.41) is 38.5. The molecule has 0 aliphatic rings. The Kier molecular flexibility index (Phi) is 43.1. The molecule has 1 heterocycles. The summed E-state index contributed by atoms with van der Waals surface area (Å²) >= 11 is 1.08. The number of halogens is 2. The lowest BCUT2D eigenvalue weighted by Crippen LogP contribution is -2.15. The molecule has 0 spiro atoms. The second-order valence-electron chi connectivity index (χ2n) is 24.8. The second-order valence-corrected chi connectivity index (χ2v) is 25.5. The van der Waals surface area contributed by atoms with Crippen LogP contribution in [0.2, 0.25) is 0 Å². The summed E-state index contributed by atoms with van der Waals surface area (Å²) in [5.74, 6) is 9.12. The van der Waals surface area contributed by atoms with Crippen LogP contribution in [-0.2, 0) is 35.5 Å². The molecule has 574 valence electrons. The van der Waals surface area contributed by atoms with Gasteiger partial charge in [-0.3, -0.25) is 15.8 Å². The van der Waals surface area contributed by atoms with E-state index in [1.165, 1.54) is 56.8 Å². The third-order valence-electron chi connectivity index (χ3n) is 15.5. The lowest BCUT2D eigenvalue weighted by molar-refractivity contribution is -0.195. The Labute approximate surface area is 645 Å². The van der Waals surface area contributed by atoms with Gasteiger partial charge in [-0.1, -0.05) is 172 Å². The molecule has 0 unspecified atom stereocenters. The number of oxime groups is 1. The van der Waals surface area contributed by atoms with E-state index < -0.39 is 5.82 Å². The van der Waals surface area contributed by atoms with Crippen LogP contribution in [0, 0.1) is 111 Å². The minimum absolute atomic E-state index is 0.104. The number of hydrazone groups is 1. The highest BCUT2D eigenvalue weighted by atomic mass is 32.2. The second kappa shape index (κ2) is 50.5. The third-order valence-corrected chi connectivity index (χ3v) is 16.3. The van der Waals surface area contributed by atoms with Crippen LogP contribution in [0.5, 0.6) is 0 Å². The largest absolute Gasteiger partial charge is 0.409 e. The average molecular weight is 1500 g/mol. The number of nitrogens with zero attached hydrogens (tertiary/aromatic N) is 4. The van der Waals surface area contributed by atoms with Crippen molar-refractivity contribution in [1.29, 1.82) is 16.2 Å². The first-order valence-corrected chi connectivity index (χ1v) is 34.8. The van der Waals surface area contributed by atoms with E-state index >= 15 is 0 Å². The summed E-state index contributed by atoms with van der Waals surface area (Å²) in [5.41, 5.74) is 70.7. The summed E-state index contributed by atoms with van der Waals surface area (Å²) < 4.78 is 30.0. The number of hydrogen-bond acceptors (Lipinski definition) is 17. The average Bonchev–Trinajstić information content (AvgIpc) is 0.845. The molecule has 0 fully saturated rings. The van der Waals surface area contributed by atoms with Crippen molar-refractivity contribution in [2.75, 3.05) is 5.73 Å². The van der Waals surface area contributed by atoms with Gasteiger partial charge in [0, 0.05) is 76.9 Å². The van der Waals surface area contributed by atoms with Gasteiger partial charge in [0.25, 0.3) is 0 Å². The number of anilines is 1. The fourth-order valence-electron chi connectivity index (χ4n) is 9.31. The summed E-state index contributed by atoms with van der Waals surface area (Å²) in [7, 11) is 0. The predicted molar refractivity (Wildman–Crippen MR) is 448 cm³/mol. The minimum atomic E-state index is -0.442. The van der Waals surface area contributed by atoms with Crippen LogP contribution in [0.15, 0.2) is 234 Å². The number of rotatable bonds is 12. The highest BCUT2D eigenvalue weighted by Crippen LogP contribution is 2.24. The van der Waals surface area contributed by atoms with E-state index in [9.17, 15) is 8.78 Å². The molecule has 0 aliphatic heterocycles. The molecule has 11 aromatic rings. The maximum Gasteiger partial charge on any atom is 0.190 e. The number of fused-ring (bicyclic) bond motifs is 1. The van der Waals surface area contributed by atoms with Gasteiger partial charge in [0.15, 0.2) is 11.5 Å². The Hall–Kier alpha value is -12.0. The highest BCUT2D eigenvalue weighted by Gasteiger charge is 2.06. The first-order chi connectivity index (χ1) is 51.8. The molecule has 0 saturated heterocycles. The Bertz CT molecular complexity index is 4680. The van der Waals surface area contributed by atoms with E-state index in [0.717, 1.165) is 95.0 Å². The number of aryl methyl sites for hydroxylation is 11. The number of nitrogens with one attached hydrogen (secondary N) is 3. The number of nitrogens with two attached hydrogens (primary N) is 11. The molecule has 1 aromatic heterocycles. The summed E-state index contributed by atoms with van der Waals surface area (Å²) in [6, 6.07) is 64.0. The molecule has 21 nitrogen and oxygen atoms in total. The molecule has 0 saturated carbocycles. The predicted octanol–water partition coefficient (Wildman–Crippen LogP) is 15.5. The maximum atomic E-state index is 12.8. The number of nitrogen functional groups attached to an aromatic ring is 3. The van der Waals surface area contributed by atoms with Crippen LogP contribution < -0.4 is 63.3 Å². The van der Waals surface area contributed by atoms with Crippen molar-refractivity contribution in [3.05, 3.63) is 353 Å². The van der Waals surface area contributed by atoms with Gasteiger partial charge >= 0.3 is 0 Å². The van der Waals surface area contributed by atoms with Crippen LogP contribution >= 0.6 is 12.0 Å². The van der Waals surface area contributed by atoms with Crippen LogP contribution in [0.25, 0.3) is 15.6 Å². The van der Waals surface area contributed by atoms with Crippen LogP contribution in [0.3, 0.4) is 0 Å². The Morgan fingerprint density at radius 1 is 0.486 bits per heavy atom. The minimum Gasteiger partial charge on any atom is -0.409 e. The van der Waals surface area contributed by atoms with Crippen LogP contribution in [0.4, 0.5) is 20.2 Å². The third kappa shape index (κ3) is 36.2. The lowest BCUT2D eigenvalue weighted by atomic mass is 10.1. The first-order valence-electron chi connectivity index (χ1n) is 34.0. The van der Waals surface area contributed by atoms with E-state index in [1.807, 2.05) is 188 Å². The standard InChI is InChI=1S/C10H9N.C9H10N2.C9H13N.C9H11N.2C8H9FN2.C8H11N3.C8H12N2O2S.C8H10N2O.C8H12N2/c1-8-2-3-9-4-5-11-7-10(9)6-8;1-7-5-8(6-10)3-4-9(7)11-2;1-7-3-4-9(6-10)5-8(7)2;1-7-4-3-5-9(6-7)8(2)10;1-5-2-6(8(10)11)4-7(9)3-5;1-5-2-3-7(9)6(4-5)8(10)11;1-6-3-2-4-7(5-6)8(9)11-10;1-6-4-7(5-9)2-3-8(6)13-12-11-10;1-6-3-2-4-7(5-6)8(9)10-11;1-6-4-7(5-9)2-3-8(6)10/h2-7H,1H3;3-5H,6,10H2,1H3;3-5H,6,10H2,1-2H3;3-6,10H,1-2H3;2*2-4H,1H3,(H3,10,11);2-5H,10H2,1H3,(H2,9,11);2-4H,5,9-10H2,1H3;2-5,11H,1H3,(H2,9,10);2-4H,5,9-10H2,1H3. The molecule has 24 heteroatoms. The number of amidine groups is 4. The quantitative estimate of drug-likeness (QED) is 0.00622. The van der Waals surface area contributed by atoms with E-state index in [0.29, 0.717) is 49.0 Å². The smallest absolute Gasteiger partial charge is 0.190 e. The molecule has 109 heavy (non-hydrogen) atoms. The fourth-order valence-corrected chi connectivity index (χ4v) is 9.74. The highest BCUT2D eigenvalue weighted by molar-refractivity contribution is 7.94. The van der Waals surface area contributed by atoms with Crippen molar-refractivity contribution in [1.82, 2.24) is 4.98 Å². The monoisotopic (exact) mass is 1500 g/mol.